The summed E-state index contributed by atoms with van der Waals surface area (Å²) in [4.78, 5) is 26.5. The van der Waals surface area contributed by atoms with E-state index in [1.807, 2.05) is 20.8 Å². The predicted octanol–water partition coefficient (Wildman–Crippen LogP) is 2.28. The number of nitrogens with one attached hydrogen (secondary N) is 1. The highest BCUT2D eigenvalue weighted by Gasteiger charge is 2.42. The third-order valence-electron chi connectivity index (χ3n) is 4.54. The second-order valence-corrected chi connectivity index (χ2v) is 7.24. The first-order valence-corrected chi connectivity index (χ1v) is 8.70. The molecule has 20 heavy (non-hydrogen) atoms. The number of thioether (sulfide) groups is 1. The molecule has 1 heterocycles. The monoisotopic (exact) mass is 300 g/mol. The highest BCUT2D eigenvalue weighted by Crippen LogP contribution is 2.33. The fourth-order valence-electron chi connectivity index (χ4n) is 2.65. The van der Waals surface area contributed by atoms with E-state index < -0.39 is 0 Å². The molecule has 0 aromatic rings. The minimum absolute atomic E-state index is 0.0366. The van der Waals surface area contributed by atoms with Crippen LogP contribution in [0.3, 0.4) is 0 Å². The summed E-state index contributed by atoms with van der Waals surface area (Å²) in [5, 5.41) is 2.85. The molecule has 1 rings (SSSR count). The Morgan fingerprint density at radius 2 is 1.85 bits per heavy atom. The molecule has 0 aliphatic carbocycles. The van der Waals surface area contributed by atoms with Gasteiger partial charge in [-0.3, -0.25) is 9.59 Å². The lowest BCUT2D eigenvalue weighted by Gasteiger charge is -2.43. The van der Waals surface area contributed by atoms with E-state index in [-0.39, 0.29) is 34.6 Å². The zero-order chi connectivity index (χ0) is 15.5. The van der Waals surface area contributed by atoms with Crippen molar-refractivity contribution in [2.45, 2.75) is 64.3 Å². The lowest BCUT2D eigenvalue weighted by molar-refractivity contribution is -0.150. The van der Waals surface area contributed by atoms with Gasteiger partial charge in [-0.15, -0.1) is 0 Å². The number of carbonyl (C=O) groups is 2. The SMILES string of the molecule is CCC(CC)(CN1C(=O)C(C(C)C)NC(=O)C1C)SC. The number of hydrogen-bond acceptors (Lipinski definition) is 3. The van der Waals surface area contributed by atoms with Crippen LogP contribution in [0.2, 0.25) is 0 Å². The average Bonchev–Trinajstić information content (AvgIpc) is 2.43. The van der Waals surface area contributed by atoms with Gasteiger partial charge in [0.05, 0.1) is 0 Å². The molecule has 2 unspecified atom stereocenters. The van der Waals surface area contributed by atoms with Crippen LogP contribution in [0.15, 0.2) is 0 Å². The zero-order valence-electron chi connectivity index (χ0n) is 13.5. The van der Waals surface area contributed by atoms with Crippen LogP contribution in [0.5, 0.6) is 0 Å². The Bertz CT molecular complexity index is 359. The van der Waals surface area contributed by atoms with Gasteiger partial charge in [-0.1, -0.05) is 27.7 Å². The van der Waals surface area contributed by atoms with Gasteiger partial charge < -0.3 is 10.2 Å². The summed E-state index contributed by atoms with van der Waals surface area (Å²) in [7, 11) is 0. The molecule has 2 amide bonds. The van der Waals surface area contributed by atoms with Gasteiger partial charge in [0, 0.05) is 11.3 Å². The minimum Gasteiger partial charge on any atom is -0.342 e. The summed E-state index contributed by atoms with van der Waals surface area (Å²) in [6.45, 7) is 10.7. The van der Waals surface area contributed by atoms with Crippen LogP contribution in [0.1, 0.15) is 47.5 Å². The molecule has 0 radical (unpaired) electrons. The largest absolute Gasteiger partial charge is 0.342 e. The molecule has 0 bridgehead atoms. The van der Waals surface area contributed by atoms with Crippen LogP contribution in [0, 0.1) is 5.92 Å². The number of carbonyl (C=O) groups excluding carboxylic acids is 2. The third-order valence-corrected chi connectivity index (χ3v) is 6.11. The zero-order valence-corrected chi connectivity index (χ0v) is 14.3. The lowest BCUT2D eigenvalue weighted by Crippen LogP contribution is -2.65. The average molecular weight is 300 g/mol. The van der Waals surface area contributed by atoms with Crippen LogP contribution >= 0.6 is 11.8 Å². The predicted molar refractivity (Wildman–Crippen MR) is 84.8 cm³/mol. The summed E-state index contributed by atoms with van der Waals surface area (Å²) in [5.74, 6) is 0.145. The molecule has 0 spiro atoms. The fourth-order valence-corrected chi connectivity index (χ4v) is 3.50. The van der Waals surface area contributed by atoms with Crippen molar-refractivity contribution in [3.8, 4) is 0 Å². The second kappa shape index (κ2) is 6.83. The van der Waals surface area contributed by atoms with Gasteiger partial charge in [0.15, 0.2) is 0 Å². The van der Waals surface area contributed by atoms with E-state index in [2.05, 4.69) is 25.4 Å². The smallest absolute Gasteiger partial charge is 0.246 e. The molecule has 1 N–H and O–H groups in total. The van der Waals surface area contributed by atoms with Gasteiger partial charge in [-0.25, -0.2) is 0 Å². The van der Waals surface area contributed by atoms with E-state index in [9.17, 15) is 9.59 Å². The summed E-state index contributed by atoms with van der Waals surface area (Å²) in [6.07, 6.45) is 4.08. The summed E-state index contributed by atoms with van der Waals surface area (Å²) in [6, 6.07) is -0.755. The molecule has 1 fully saturated rings. The molecule has 4 nitrogen and oxygen atoms in total. The van der Waals surface area contributed by atoms with Gasteiger partial charge in [-0.2, -0.15) is 11.8 Å². The Morgan fingerprint density at radius 3 is 2.25 bits per heavy atom. The Hall–Kier alpha value is -0.710. The standard InChI is InChI=1S/C15H28N2O2S/c1-7-15(8-2,20-6)9-17-11(5)13(18)16-12(10(3)4)14(17)19/h10-12H,7-9H2,1-6H3,(H,16,18). The Kier molecular flexibility index (Phi) is 5.92. The molecule has 0 saturated carbocycles. The Labute approximate surface area is 127 Å². The van der Waals surface area contributed by atoms with E-state index in [1.54, 1.807) is 16.7 Å². The van der Waals surface area contributed by atoms with Crippen LogP contribution in [0.4, 0.5) is 0 Å². The number of piperazine rings is 1. The first-order chi connectivity index (χ1) is 9.31. The molecule has 0 aromatic heterocycles. The summed E-state index contributed by atoms with van der Waals surface area (Å²) in [5.41, 5.74) is 0. The normalized spacial score (nSPS) is 24.2. The van der Waals surface area contributed by atoms with Gasteiger partial charge >= 0.3 is 0 Å². The number of amides is 2. The van der Waals surface area contributed by atoms with Gasteiger partial charge in [-0.05, 0) is 31.9 Å². The van der Waals surface area contributed by atoms with Crippen molar-refractivity contribution in [2.24, 2.45) is 5.92 Å². The topological polar surface area (TPSA) is 49.4 Å². The maximum atomic E-state index is 12.7. The molecule has 116 valence electrons. The molecule has 0 aromatic carbocycles. The van der Waals surface area contributed by atoms with Crippen molar-refractivity contribution < 1.29 is 9.59 Å². The van der Waals surface area contributed by atoms with Crippen molar-refractivity contribution in [2.75, 3.05) is 12.8 Å². The quantitative estimate of drug-likeness (QED) is 0.819. The van der Waals surface area contributed by atoms with Gasteiger partial charge in [0.2, 0.25) is 11.8 Å². The molecule has 1 aliphatic heterocycles. The molecular formula is C15H28N2O2S. The molecular weight excluding hydrogens is 272 g/mol. The summed E-state index contributed by atoms with van der Waals surface area (Å²) >= 11 is 1.80. The lowest BCUT2D eigenvalue weighted by atomic mass is 9.95. The second-order valence-electron chi connectivity index (χ2n) is 5.97. The van der Waals surface area contributed by atoms with E-state index in [1.165, 1.54) is 0 Å². The van der Waals surface area contributed by atoms with Crippen molar-refractivity contribution in [1.82, 2.24) is 10.2 Å². The summed E-state index contributed by atoms with van der Waals surface area (Å²) < 4.78 is 0.0447. The van der Waals surface area contributed by atoms with Crippen molar-refractivity contribution in [3.05, 3.63) is 0 Å². The first kappa shape index (κ1) is 17.3. The Balaban J connectivity index is 3.00. The van der Waals surface area contributed by atoms with E-state index >= 15 is 0 Å². The highest BCUT2D eigenvalue weighted by molar-refractivity contribution is 8.00. The van der Waals surface area contributed by atoms with Crippen LogP contribution < -0.4 is 5.32 Å². The highest BCUT2D eigenvalue weighted by atomic mass is 32.2. The van der Waals surface area contributed by atoms with E-state index in [0.29, 0.717) is 6.54 Å². The maximum Gasteiger partial charge on any atom is 0.246 e. The molecule has 1 aliphatic rings. The van der Waals surface area contributed by atoms with E-state index in [4.69, 9.17) is 0 Å². The van der Waals surface area contributed by atoms with Crippen molar-refractivity contribution in [1.29, 1.82) is 0 Å². The maximum absolute atomic E-state index is 12.7. The molecule has 2 atom stereocenters. The van der Waals surface area contributed by atoms with E-state index in [0.717, 1.165) is 12.8 Å². The minimum atomic E-state index is -0.382. The number of nitrogens with zero attached hydrogens (tertiary/aromatic N) is 1. The van der Waals surface area contributed by atoms with Crippen molar-refractivity contribution >= 4 is 23.6 Å². The first-order valence-electron chi connectivity index (χ1n) is 7.47. The number of rotatable bonds is 6. The fraction of sp³-hybridized carbons (Fsp3) is 0.867. The number of hydrogen-bond donors (Lipinski definition) is 1. The molecule has 1 saturated heterocycles. The van der Waals surface area contributed by atoms with Crippen molar-refractivity contribution in [3.63, 3.8) is 0 Å². The van der Waals surface area contributed by atoms with Crippen LogP contribution in [0.25, 0.3) is 0 Å². The van der Waals surface area contributed by atoms with Gasteiger partial charge in [0.1, 0.15) is 12.1 Å². The van der Waals surface area contributed by atoms with Crippen LogP contribution in [-0.4, -0.2) is 46.3 Å². The Morgan fingerprint density at radius 1 is 1.30 bits per heavy atom. The van der Waals surface area contributed by atoms with Crippen LogP contribution in [-0.2, 0) is 9.59 Å². The third kappa shape index (κ3) is 3.30. The molecule has 5 heteroatoms. The van der Waals surface area contributed by atoms with Gasteiger partial charge in [0.25, 0.3) is 0 Å².